The van der Waals surface area contributed by atoms with Crippen LogP contribution in [-0.4, -0.2) is 24.0 Å². The first-order chi connectivity index (χ1) is 8.99. The van der Waals surface area contributed by atoms with Crippen molar-refractivity contribution in [1.29, 1.82) is 0 Å². The van der Waals surface area contributed by atoms with E-state index in [1.165, 1.54) is 0 Å². The molecule has 0 radical (unpaired) electrons. The van der Waals surface area contributed by atoms with Crippen LogP contribution in [0.5, 0.6) is 0 Å². The molecule has 0 aliphatic carbocycles. The minimum Gasteiger partial charge on any atom is -0.389 e. The first kappa shape index (κ1) is 13.8. The number of amides is 1. The predicted molar refractivity (Wildman–Crippen MR) is 81.2 cm³/mol. The maximum absolute atomic E-state index is 11.4. The molecular weight excluding hydrogens is 258 g/mol. The molecule has 1 fully saturated rings. The van der Waals surface area contributed by atoms with Gasteiger partial charge in [0.2, 0.25) is 5.91 Å². The molecule has 5 heteroatoms. The predicted octanol–water partition coefficient (Wildman–Crippen LogP) is 1.33. The molecular formula is C14H19N3OS. The van der Waals surface area contributed by atoms with Gasteiger partial charge < -0.3 is 16.4 Å². The summed E-state index contributed by atoms with van der Waals surface area (Å²) in [7, 11) is 0. The van der Waals surface area contributed by atoms with Crippen molar-refractivity contribution in [3.05, 3.63) is 29.3 Å². The highest BCUT2D eigenvalue weighted by atomic mass is 32.1. The third-order valence-corrected chi connectivity index (χ3v) is 3.80. The van der Waals surface area contributed by atoms with Crippen molar-refractivity contribution in [2.24, 2.45) is 17.4 Å². The van der Waals surface area contributed by atoms with E-state index in [9.17, 15) is 4.79 Å². The van der Waals surface area contributed by atoms with Gasteiger partial charge in [-0.15, -0.1) is 0 Å². The molecule has 1 aromatic rings. The molecule has 4 N–H and O–H groups in total. The largest absolute Gasteiger partial charge is 0.389 e. The van der Waals surface area contributed by atoms with E-state index < -0.39 is 0 Å². The molecule has 1 atom stereocenters. The fraction of sp³-hybridized carbons (Fsp3) is 0.429. The zero-order valence-corrected chi connectivity index (χ0v) is 11.9. The molecule has 1 aliphatic heterocycles. The number of thiocarbonyl (C=S) groups is 1. The Bertz CT molecular complexity index is 515. The number of piperidine rings is 1. The summed E-state index contributed by atoms with van der Waals surface area (Å²) >= 11 is 5.10. The zero-order chi connectivity index (χ0) is 14.0. The number of primary amides is 1. The van der Waals surface area contributed by atoms with Crippen LogP contribution in [0.4, 0.5) is 5.69 Å². The Labute approximate surface area is 118 Å². The SMILES string of the molecule is Cc1ccc(C(N)=S)c(N2CCCC(C(N)=O)C2)c1. The standard InChI is InChI=1S/C14H19N3OS/c1-9-4-5-11(14(16)19)12(7-9)17-6-2-3-10(8-17)13(15)18/h4-5,7,10H,2-3,6,8H2,1H3,(H2,15,18)(H2,16,19). The molecule has 19 heavy (non-hydrogen) atoms. The van der Waals surface area contributed by atoms with Crippen LogP contribution in [0.15, 0.2) is 18.2 Å². The van der Waals surface area contributed by atoms with Gasteiger partial charge in [-0.2, -0.15) is 0 Å². The van der Waals surface area contributed by atoms with Crippen LogP contribution in [0.25, 0.3) is 0 Å². The van der Waals surface area contributed by atoms with Crippen LogP contribution in [0, 0.1) is 12.8 Å². The summed E-state index contributed by atoms with van der Waals surface area (Å²) in [4.78, 5) is 13.9. The summed E-state index contributed by atoms with van der Waals surface area (Å²) in [5.41, 5.74) is 14.2. The number of carbonyl (C=O) groups excluding carboxylic acids is 1. The van der Waals surface area contributed by atoms with Gasteiger partial charge in [-0.1, -0.05) is 18.3 Å². The Morgan fingerprint density at radius 3 is 2.79 bits per heavy atom. The highest BCUT2D eigenvalue weighted by molar-refractivity contribution is 7.80. The lowest BCUT2D eigenvalue weighted by molar-refractivity contribution is -0.122. The zero-order valence-electron chi connectivity index (χ0n) is 11.1. The fourth-order valence-electron chi connectivity index (χ4n) is 2.54. The van der Waals surface area contributed by atoms with E-state index in [1.54, 1.807) is 0 Å². The van der Waals surface area contributed by atoms with E-state index >= 15 is 0 Å². The molecule has 1 aromatic carbocycles. The molecule has 1 saturated heterocycles. The van der Waals surface area contributed by atoms with E-state index in [2.05, 4.69) is 11.0 Å². The van der Waals surface area contributed by atoms with Gasteiger partial charge in [-0.3, -0.25) is 4.79 Å². The number of anilines is 1. The van der Waals surface area contributed by atoms with E-state index in [0.717, 1.165) is 36.2 Å². The van der Waals surface area contributed by atoms with Gasteiger partial charge in [0, 0.05) is 24.3 Å². The number of carbonyl (C=O) groups is 1. The summed E-state index contributed by atoms with van der Waals surface area (Å²) in [5.74, 6) is -0.317. The topological polar surface area (TPSA) is 72.3 Å². The molecule has 1 unspecified atom stereocenters. The quantitative estimate of drug-likeness (QED) is 0.818. The lowest BCUT2D eigenvalue weighted by Gasteiger charge is -2.34. The van der Waals surface area contributed by atoms with Gasteiger partial charge in [0.25, 0.3) is 0 Å². The minimum absolute atomic E-state index is 0.0894. The second kappa shape index (κ2) is 5.57. The number of nitrogens with zero attached hydrogens (tertiary/aromatic N) is 1. The molecule has 1 heterocycles. The van der Waals surface area contributed by atoms with Crippen LogP contribution in [0.3, 0.4) is 0 Å². The number of nitrogens with two attached hydrogens (primary N) is 2. The van der Waals surface area contributed by atoms with E-state index in [1.807, 2.05) is 19.1 Å². The van der Waals surface area contributed by atoms with Crippen LogP contribution in [0.2, 0.25) is 0 Å². The Morgan fingerprint density at radius 2 is 2.16 bits per heavy atom. The van der Waals surface area contributed by atoms with Crippen molar-refractivity contribution in [2.45, 2.75) is 19.8 Å². The summed E-state index contributed by atoms with van der Waals surface area (Å²) in [6.07, 6.45) is 1.82. The van der Waals surface area contributed by atoms with Crippen molar-refractivity contribution < 1.29 is 4.79 Å². The van der Waals surface area contributed by atoms with Gasteiger partial charge in [0.1, 0.15) is 4.99 Å². The van der Waals surface area contributed by atoms with Crippen molar-refractivity contribution in [3.63, 3.8) is 0 Å². The van der Waals surface area contributed by atoms with Gasteiger partial charge >= 0.3 is 0 Å². The number of hydrogen-bond acceptors (Lipinski definition) is 3. The van der Waals surface area contributed by atoms with Crippen molar-refractivity contribution in [3.8, 4) is 0 Å². The third kappa shape index (κ3) is 3.04. The van der Waals surface area contributed by atoms with E-state index in [4.69, 9.17) is 23.7 Å². The van der Waals surface area contributed by atoms with Crippen molar-refractivity contribution >= 4 is 28.8 Å². The average Bonchev–Trinajstić information content (AvgIpc) is 2.38. The Kier molecular flexibility index (Phi) is 4.04. The lowest BCUT2D eigenvalue weighted by Crippen LogP contribution is -2.41. The number of hydrogen-bond donors (Lipinski definition) is 2. The molecule has 0 saturated carbocycles. The number of rotatable bonds is 3. The normalized spacial score (nSPS) is 19.2. The maximum atomic E-state index is 11.4. The highest BCUT2D eigenvalue weighted by Crippen LogP contribution is 2.27. The number of aryl methyl sites for hydroxylation is 1. The van der Waals surface area contributed by atoms with Crippen LogP contribution >= 0.6 is 12.2 Å². The van der Waals surface area contributed by atoms with Gasteiger partial charge in [0.05, 0.1) is 5.92 Å². The maximum Gasteiger partial charge on any atom is 0.222 e. The van der Waals surface area contributed by atoms with Crippen molar-refractivity contribution in [2.75, 3.05) is 18.0 Å². The van der Waals surface area contributed by atoms with Gasteiger partial charge in [-0.05, 0) is 37.5 Å². The monoisotopic (exact) mass is 277 g/mol. The van der Waals surface area contributed by atoms with Crippen LogP contribution < -0.4 is 16.4 Å². The molecule has 102 valence electrons. The first-order valence-corrected chi connectivity index (χ1v) is 6.84. The number of benzene rings is 1. The third-order valence-electron chi connectivity index (χ3n) is 3.58. The highest BCUT2D eigenvalue weighted by Gasteiger charge is 2.25. The Balaban J connectivity index is 2.32. The average molecular weight is 277 g/mol. The van der Waals surface area contributed by atoms with E-state index in [-0.39, 0.29) is 11.8 Å². The fourth-order valence-corrected chi connectivity index (χ4v) is 2.71. The molecule has 0 bridgehead atoms. The second-order valence-corrected chi connectivity index (χ2v) is 5.51. The summed E-state index contributed by atoms with van der Waals surface area (Å²) in [6.45, 7) is 3.58. The van der Waals surface area contributed by atoms with E-state index in [0.29, 0.717) is 11.5 Å². The van der Waals surface area contributed by atoms with Gasteiger partial charge in [0.15, 0.2) is 0 Å². The summed E-state index contributed by atoms with van der Waals surface area (Å²) < 4.78 is 0. The second-order valence-electron chi connectivity index (χ2n) is 5.07. The lowest BCUT2D eigenvalue weighted by atomic mass is 9.96. The molecule has 4 nitrogen and oxygen atoms in total. The van der Waals surface area contributed by atoms with Crippen LogP contribution in [-0.2, 0) is 4.79 Å². The van der Waals surface area contributed by atoms with Crippen LogP contribution in [0.1, 0.15) is 24.0 Å². The molecule has 0 aromatic heterocycles. The Hall–Kier alpha value is -1.62. The van der Waals surface area contributed by atoms with Gasteiger partial charge in [-0.25, -0.2) is 0 Å². The smallest absolute Gasteiger partial charge is 0.222 e. The molecule has 0 spiro atoms. The first-order valence-electron chi connectivity index (χ1n) is 6.43. The molecule has 2 rings (SSSR count). The molecule has 1 amide bonds. The minimum atomic E-state index is -0.228. The summed E-state index contributed by atoms with van der Waals surface area (Å²) in [5, 5.41) is 0. The molecule has 1 aliphatic rings. The Morgan fingerprint density at radius 1 is 1.42 bits per heavy atom. The van der Waals surface area contributed by atoms with Crippen molar-refractivity contribution in [1.82, 2.24) is 0 Å². The summed E-state index contributed by atoms with van der Waals surface area (Å²) in [6, 6.07) is 6.01.